The van der Waals surface area contributed by atoms with Crippen molar-refractivity contribution in [1.82, 2.24) is 4.90 Å². The van der Waals surface area contributed by atoms with Crippen LogP contribution in [0.1, 0.15) is 12.0 Å². The molecule has 2 rings (SSSR count). The quantitative estimate of drug-likeness (QED) is 0.764. The molecule has 0 saturated carbocycles. The monoisotopic (exact) mass is 349 g/mol. The van der Waals surface area contributed by atoms with E-state index < -0.39 is 0 Å². The first-order valence-corrected chi connectivity index (χ1v) is 8.64. The second-order valence-corrected chi connectivity index (χ2v) is 7.79. The van der Waals surface area contributed by atoms with Crippen molar-refractivity contribution in [1.29, 1.82) is 0 Å². The minimum atomic E-state index is -0.142. The van der Waals surface area contributed by atoms with Crippen LogP contribution in [0.5, 0.6) is 0 Å². The highest BCUT2D eigenvalue weighted by atomic mass is 79.9. The molecule has 1 aliphatic rings. The number of nitrogens with zero attached hydrogens (tertiary/aromatic N) is 1. The first-order chi connectivity index (χ1) is 8.65. The summed E-state index contributed by atoms with van der Waals surface area (Å²) < 4.78 is 6.33. The molecule has 0 aliphatic carbocycles. The maximum Gasteiger partial charge on any atom is 0.320 e. The molecule has 100 valence electrons. The SMILES string of the molecule is CN(CC(=O)OCc1csc(Br)c1)[C@@H]1CCSC1. The molecule has 6 heteroatoms. The highest BCUT2D eigenvalue weighted by Gasteiger charge is 2.22. The zero-order valence-corrected chi connectivity index (χ0v) is 13.4. The summed E-state index contributed by atoms with van der Waals surface area (Å²) in [6.07, 6.45) is 1.17. The van der Waals surface area contributed by atoms with E-state index in [1.54, 1.807) is 11.3 Å². The van der Waals surface area contributed by atoms with Gasteiger partial charge in [-0.1, -0.05) is 0 Å². The van der Waals surface area contributed by atoms with Gasteiger partial charge in [-0.15, -0.1) is 11.3 Å². The van der Waals surface area contributed by atoms with Gasteiger partial charge in [-0.2, -0.15) is 11.8 Å². The van der Waals surface area contributed by atoms with Gasteiger partial charge in [-0.3, -0.25) is 9.69 Å². The normalized spacial score (nSPS) is 19.4. The number of hydrogen-bond acceptors (Lipinski definition) is 5. The predicted octanol–water partition coefficient (Wildman–Crippen LogP) is 2.99. The molecular weight excluding hydrogens is 334 g/mol. The first-order valence-electron chi connectivity index (χ1n) is 5.81. The van der Waals surface area contributed by atoms with E-state index in [9.17, 15) is 4.79 Å². The van der Waals surface area contributed by atoms with E-state index in [1.807, 2.05) is 30.3 Å². The van der Waals surface area contributed by atoms with Crippen LogP contribution >= 0.6 is 39.0 Å². The van der Waals surface area contributed by atoms with E-state index in [1.165, 1.54) is 12.2 Å². The number of thioether (sulfide) groups is 1. The zero-order valence-electron chi connectivity index (χ0n) is 10.2. The van der Waals surface area contributed by atoms with Gasteiger partial charge in [-0.25, -0.2) is 0 Å². The van der Waals surface area contributed by atoms with Gasteiger partial charge < -0.3 is 4.74 Å². The van der Waals surface area contributed by atoms with Crippen molar-refractivity contribution < 1.29 is 9.53 Å². The highest BCUT2D eigenvalue weighted by Crippen LogP contribution is 2.22. The Morgan fingerprint density at radius 1 is 1.67 bits per heavy atom. The lowest BCUT2D eigenvalue weighted by molar-refractivity contribution is -0.146. The van der Waals surface area contributed by atoms with Gasteiger partial charge in [-0.05, 0) is 46.6 Å². The number of esters is 1. The average molecular weight is 350 g/mol. The molecule has 0 spiro atoms. The molecule has 1 saturated heterocycles. The summed E-state index contributed by atoms with van der Waals surface area (Å²) >= 11 is 6.95. The molecule has 0 radical (unpaired) electrons. The van der Waals surface area contributed by atoms with Crippen LogP contribution < -0.4 is 0 Å². The van der Waals surface area contributed by atoms with Crippen LogP contribution in [-0.4, -0.2) is 42.0 Å². The molecular formula is C12H16BrNO2S2. The van der Waals surface area contributed by atoms with Gasteiger partial charge in [0.2, 0.25) is 0 Å². The van der Waals surface area contributed by atoms with Gasteiger partial charge in [0, 0.05) is 17.4 Å². The minimum Gasteiger partial charge on any atom is -0.460 e. The van der Waals surface area contributed by atoms with Gasteiger partial charge >= 0.3 is 5.97 Å². The molecule has 3 nitrogen and oxygen atoms in total. The van der Waals surface area contributed by atoms with Crippen LogP contribution in [0.15, 0.2) is 15.2 Å². The fourth-order valence-corrected chi connectivity index (χ4v) is 4.33. The molecule has 0 aromatic carbocycles. The number of carbonyl (C=O) groups excluding carboxylic acids is 1. The fraction of sp³-hybridized carbons (Fsp3) is 0.583. The number of rotatable bonds is 5. The standard InChI is InChI=1S/C12H16BrNO2S2/c1-14(10-2-3-17-8-10)5-12(15)16-6-9-4-11(13)18-7-9/h4,7,10H,2-3,5-6,8H2,1H3/t10-/m1/s1. The molecule has 1 fully saturated rings. The van der Waals surface area contributed by atoms with Crippen molar-refractivity contribution in [2.75, 3.05) is 25.1 Å². The maximum atomic E-state index is 11.7. The van der Waals surface area contributed by atoms with Gasteiger partial charge in [0.25, 0.3) is 0 Å². The Hall–Kier alpha value is -0.0400. The molecule has 0 bridgehead atoms. The van der Waals surface area contributed by atoms with Crippen molar-refractivity contribution >= 4 is 45.0 Å². The Morgan fingerprint density at radius 2 is 2.50 bits per heavy atom. The van der Waals surface area contributed by atoms with Crippen LogP contribution in [-0.2, 0) is 16.1 Å². The van der Waals surface area contributed by atoms with Crippen LogP contribution in [0.2, 0.25) is 0 Å². The van der Waals surface area contributed by atoms with Crippen molar-refractivity contribution in [3.63, 3.8) is 0 Å². The molecule has 2 heterocycles. The van der Waals surface area contributed by atoms with E-state index in [2.05, 4.69) is 20.8 Å². The van der Waals surface area contributed by atoms with Crippen molar-refractivity contribution in [2.45, 2.75) is 19.1 Å². The van der Waals surface area contributed by atoms with E-state index in [0.29, 0.717) is 19.2 Å². The Kier molecular flexibility index (Phi) is 5.54. The van der Waals surface area contributed by atoms with E-state index >= 15 is 0 Å². The summed E-state index contributed by atoms with van der Waals surface area (Å²) in [6, 6.07) is 2.51. The Morgan fingerprint density at radius 3 is 3.11 bits per heavy atom. The molecule has 0 amide bonds. The van der Waals surface area contributed by atoms with Crippen LogP contribution in [0.3, 0.4) is 0 Å². The topological polar surface area (TPSA) is 29.5 Å². The lowest BCUT2D eigenvalue weighted by atomic mass is 10.2. The maximum absolute atomic E-state index is 11.7. The number of thiophene rings is 1. The van der Waals surface area contributed by atoms with E-state index in [-0.39, 0.29) is 5.97 Å². The van der Waals surface area contributed by atoms with Crippen LogP contribution in [0.25, 0.3) is 0 Å². The molecule has 1 aromatic heterocycles. The summed E-state index contributed by atoms with van der Waals surface area (Å²) in [4.78, 5) is 13.8. The Labute approximate surface area is 124 Å². The zero-order chi connectivity index (χ0) is 13.0. The third-order valence-electron chi connectivity index (χ3n) is 2.93. The van der Waals surface area contributed by atoms with Crippen molar-refractivity contribution in [3.8, 4) is 0 Å². The third-order valence-corrected chi connectivity index (χ3v) is 5.63. The highest BCUT2D eigenvalue weighted by molar-refractivity contribution is 9.11. The summed E-state index contributed by atoms with van der Waals surface area (Å²) in [6.45, 7) is 0.755. The minimum absolute atomic E-state index is 0.142. The Balaban J connectivity index is 1.71. The average Bonchev–Trinajstić information content (AvgIpc) is 2.97. The summed E-state index contributed by atoms with van der Waals surface area (Å²) in [7, 11) is 2.00. The first kappa shape index (κ1) is 14.4. The summed E-state index contributed by atoms with van der Waals surface area (Å²) in [5, 5.41) is 1.99. The second-order valence-electron chi connectivity index (χ2n) is 4.35. The largest absolute Gasteiger partial charge is 0.460 e. The van der Waals surface area contributed by atoms with Crippen molar-refractivity contribution in [3.05, 3.63) is 20.8 Å². The number of ether oxygens (including phenoxy) is 1. The molecule has 0 unspecified atom stereocenters. The summed E-state index contributed by atoms with van der Waals surface area (Å²) in [5.41, 5.74) is 1.04. The van der Waals surface area contributed by atoms with Crippen LogP contribution in [0.4, 0.5) is 0 Å². The molecule has 1 atom stereocenters. The second kappa shape index (κ2) is 6.93. The smallest absolute Gasteiger partial charge is 0.320 e. The number of likely N-dealkylation sites (N-methyl/N-ethyl adjacent to an activating group) is 1. The molecule has 1 aliphatic heterocycles. The van der Waals surface area contributed by atoms with Gasteiger partial charge in [0.15, 0.2) is 0 Å². The third kappa shape index (κ3) is 4.26. The lowest BCUT2D eigenvalue weighted by Crippen LogP contribution is -2.36. The lowest BCUT2D eigenvalue weighted by Gasteiger charge is -2.22. The molecule has 18 heavy (non-hydrogen) atoms. The van der Waals surface area contributed by atoms with E-state index in [4.69, 9.17) is 4.74 Å². The molecule has 0 N–H and O–H groups in total. The molecule has 1 aromatic rings. The van der Waals surface area contributed by atoms with Gasteiger partial charge in [0.1, 0.15) is 6.61 Å². The fourth-order valence-electron chi connectivity index (χ4n) is 1.83. The number of halogens is 1. The number of carbonyl (C=O) groups is 1. The van der Waals surface area contributed by atoms with Crippen molar-refractivity contribution in [2.24, 2.45) is 0 Å². The Bertz CT molecular complexity index is 405. The number of hydrogen-bond donors (Lipinski definition) is 0. The predicted molar refractivity (Wildman–Crippen MR) is 80.2 cm³/mol. The summed E-state index contributed by atoms with van der Waals surface area (Å²) in [5.74, 6) is 2.19. The van der Waals surface area contributed by atoms with Crippen LogP contribution in [0, 0.1) is 0 Å². The van der Waals surface area contributed by atoms with Gasteiger partial charge in [0.05, 0.1) is 10.3 Å². The van der Waals surface area contributed by atoms with E-state index in [0.717, 1.165) is 15.1 Å².